The molecule has 1 atom stereocenters. The lowest BCUT2D eigenvalue weighted by Crippen LogP contribution is -2.38. The Hall–Kier alpha value is -7.10. The van der Waals surface area contributed by atoms with E-state index in [4.69, 9.17) is 5.11 Å². The Kier molecular flexibility index (Phi) is 7.58. The van der Waals surface area contributed by atoms with E-state index in [-0.39, 0.29) is 11.5 Å². The highest BCUT2D eigenvalue weighted by molar-refractivity contribution is 6.01. The van der Waals surface area contributed by atoms with Gasteiger partial charge in [-0.15, -0.1) is 0 Å². The maximum Gasteiger partial charge on any atom is 0.252 e. The van der Waals surface area contributed by atoms with Crippen LogP contribution in [0.15, 0.2) is 205 Å². The van der Waals surface area contributed by atoms with E-state index >= 15 is 0 Å². The molecular formula is C54H40N3+. The zero-order valence-corrected chi connectivity index (χ0v) is 32.0. The number of rotatable bonds is 6. The van der Waals surface area contributed by atoms with Gasteiger partial charge < -0.3 is 4.90 Å². The lowest BCUT2D eigenvalue weighted by Gasteiger charge is -2.29. The van der Waals surface area contributed by atoms with Crippen LogP contribution in [0.5, 0.6) is 0 Å². The van der Waals surface area contributed by atoms with E-state index < -0.39 is 0 Å². The summed E-state index contributed by atoms with van der Waals surface area (Å²) in [6, 6.07) is 72.7. The second-order valence-corrected chi connectivity index (χ2v) is 15.8. The Balaban J connectivity index is 1.22. The average molecular weight is 731 g/mol. The molecule has 1 aromatic heterocycles. The summed E-state index contributed by atoms with van der Waals surface area (Å²) >= 11 is 0. The van der Waals surface area contributed by atoms with Crippen molar-refractivity contribution in [2.75, 3.05) is 4.90 Å². The van der Waals surface area contributed by atoms with Gasteiger partial charge in [-0.3, -0.25) is 0 Å². The zero-order valence-electron chi connectivity index (χ0n) is 32.0. The van der Waals surface area contributed by atoms with E-state index in [0.717, 1.165) is 39.1 Å². The molecule has 3 nitrogen and oxygen atoms in total. The van der Waals surface area contributed by atoms with Crippen molar-refractivity contribution >= 4 is 44.2 Å². The number of anilines is 3. The first-order valence-electron chi connectivity index (χ1n) is 19.8. The minimum Gasteiger partial charge on any atom is -0.310 e. The van der Waals surface area contributed by atoms with E-state index in [9.17, 15) is 0 Å². The summed E-state index contributed by atoms with van der Waals surface area (Å²) in [6.07, 6.45) is 0. The third-order valence-electron chi connectivity index (χ3n) is 12.1. The standard InChI is InChI=1S/C54H40N3/c1-54(2)47-27-15-14-26-44(47)45-32-31-42(35-48(45)54)56(49-28-16-24-36-17-12-13-25-43(36)49)41-30-29-40-33-50(37-18-6-3-7-19-37)57-53(46(40)34-41)51(38-20-8-4-9-21-38)52(55-57)39-22-10-5-11-23-39/h3-35,52H,1-2H3/q+1. The van der Waals surface area contributed by atoms with Crippen molar-refractivity contribution in [2.24, 2.45) is 5.11 Å². The summed E-state index contributed by atoms with van der Waals surface area (Å²) < 4.78 is 2.22. The minimum absolute atomic E-state index is 0.130. The topological polar surface area (TPSA) is 21.5 Å². The van der Waals surface area contributed by atoms with Crippen molar-refractivity contribution in [3.8, 4) is 22.4 Å². The first-order chi connectivity index (χ1) is 28.0. The Labute approximate surface area is 332 Å². The molecule has 0 amide bonds. The summed E-state index contributed by atoms with van der Waals surface area (Å²) in [5.74, 6) is 0. The lowest BCUT2D eigenvalue weighted by atomic mass is 9.82. The van der Waals surface area contributed by atoms with E-state index in [1.807, 2.05) is 0 Å². The Morgan fingerprint density at radius 1 is 0.491 bits per heavy atom. The van der Waals surface area contributed by atoms with E-state index in [2.05, 4.69) is 223 Å². The van der Waals surface area contributed by atoms with Crippen LogP contribution in [0.25, 0.3) is 49.5 Å². The van der Waals surface area contributed by atoms with Gasteiger partial charge in [0.2, 0.25) is 5.69 Å². The van der Waals surface area contributed by atoms with Gasteiger partial charge in [0, 0.05) is 33.8 Å². The summed E-state index contributed by atoms with van der Waals surface area (Å²) in [6.45, 7) is 4.72. The largest absolute Gasteiger partial charge is 0.310 e. The Bertz CT molecular complexity index is 3150. The van der Waals surface area contributed by atoms with Crippen molar-refractivity contribution in [3.05, 3.63) is 228 Å². The van der Waals surface area contributed by atoms with Crippen LogP contribution in [0.4, 0.5) is 17.1 Å². The Morgan fingerprint density at radius 3 is 1.93 bits per heavy atom. The number of fused-ring (bicyclic) bond motifs is 7. The van der Waals surface area contributed by atoms with E-state index in [1.165, 1.54) is 55.1 Å². The number of nitrogens with zero attached hydrogens (tertiary/aromatic N) is 3. The van der Waals surface area contributed by atoms with Crippen LogP contribution < -0.4 is 14.6 Å². The molecule has 8 aromatic carbocycles. The van der Waals surface area contributed by atoms with Gasteiger partial charge in [0.1, 0.15) is 0 Å². The molecule has 270 valence electrons. The molecule has 3 heteroatoms. The lowest BCUT2D eigenvalue weighted by molar-refractivity contribution is -0.546. The molecule has 0 bridgehead atoms. The number of hydrogen-bond donors (Lipinski definition) is 0. The molecule has 57 heavy (non-hydrogen) atoms. The van der Waals surface area contributed by atoms with E-state index in [0.29, 0.717) is 0 Å². The van der Waals surface area contributed by atoms with Crippen LogP contribution in [0, 0.1) is 0 Å². The molecule has 0 saturated carbocycles. The highest BCUT2D eigenvalue weighted by Gasteiger charge is 2.37. The molecular weight excluding hydrogens is 691 g/mol. The monoisotopic (exact) mass is 730 g/mol. The van der Waals surface area contributed by atoms with Crippen LogP contribution in [0.1, 0.15) is 42.1 Å². The SMILES string of the molecule is CC1(C)c2ccccc2-c2ccc(N(c3ccc4cc(-c5ccccc5)[n+]5c(c4c3)=C(c3ccccc3)C(c3ccccc3)N=5)c3cccc4ccccc34)cc21. The maximum atomic E-state index is 5.58. The zero-order chi connectivity index (χ0) is 38.1. The molecule has 9 aromatic rings. The fraction of sp³-hybridized carbons (Fsp3) is 0.0741. The molecule has 0 N–H and O–H groups in total. The van der Waals surface area contributed by atoms with Gasteiger partial charge in [0.05, 0.1) is 16.6 Å². The molecule has 11 rings (SSSR count). The predicted molar refractivity (Wildman–Crippen MR) is 235 cm³/mol. The molecule has 1 aliphatic carbocycles. The molecule has 1 aliphatic heterocycles. The first kappa shape index (κ1) is 33.3. The van der Waals surface area contributed by atoms with Crippen molar-refractivity contribution in [3.63, 3.8) is 0 Å². The summed E-state index contributed by atoms with van der Waals surface area (Å²) in [5.41, 5.74) is 14.4. The van der Waals surface area contributed by atoms with Gasteiger partial charge in [-0.25, -0.2) is 0 Å². The second kappa shape index (κ2) is 13.0. The van der Waals surface area contributed by atoms with Crippen molar-refractivity contribution in [1.82, 2.24) is 0 Å². The highest BCUT2D eigenvalue weighted by atomic mass is 15.2. The fourth-order valence-corrected chi connectivity index (χ4v) is 9.40. The molecule has 2 aliphatic rings. The van der Waals surface area contributed by atoms with Crippen LogP contribution in [0.2, 0.25) is 0 Å². The molecule has 0 radical (unpaired) electrons. The highest BCUT2D eigenvalue weighted by Crippen LogP contribution is 2.51. The van der Waals surface area contributed by atoms with Gasteiger partial charge in [-0.05, 0) is 96.1 Å². The maximum absolute atomic E-state index is 5.58. The van der Waals surface area contributed by atoms with Crippen molar-refractivity contribution in [1.29, 1.82) is 0 Å². The molecule has 0 spiro atoms. The van der Waals surface area contributed by atoms with Gasteiger partial charge in [0.25, 0.3) is 5.35 Å². The summed E-state index contributed by atoms with van der Waals surface area (Å²) in [7, 11) is 0. The van der Waals surface area contributed by atoms with Crippen LogP contribution >= 0.6 is 0 Å². The summed E-state index contributed by atoms with van der Waals surface area (Å²) in [5, 5.41) is 11.4. The molecule has 0 saturated heterocycles. The quantitative estimate of drug-likeness (QED) is 0.156. The Morgan fingerprint density at radius 2 is 1.12 bits per heavy atom. The summed E-state index contributed by atoms with van der Waals surface area (Å²) in [4.78, 5) is 2.46. The number of hydrogen-bond acceptors (Lipinski definition) is 2. The number of benzene rings is 8. The first-order valence-corrected chi connectivity index (χ1v) is 19.8. The molecule has 2 heterocycles. The van der Waals surface area contributed by atoms with E-state index in [1.54, 1.807) is 0 Å². The molecule has 1 unspecified atom stereocenters. The third kappa shape index (κ3) is 5.27. The molecule has 0 fully saturated rings. The number of pyridine rings is 1. The van der Waals surface area contributed by atoms with Crippen LogP contribution in [-0.2, 0) is 5.41 Å². The van der Waals surface area contributed by atoms with Gasteiger partial charge >= 0.3 is 0 Å². The predicted octanol–water partition coefficient (Wildman–Crippen LogP) is 12.7. The smallest absolute Gasteiger partial charge is 0.252 e. The van der Waals surface area contributed by atoms with Crippen molar-refractivity contribution in [2.45, 2.75) is 25.3 Å². The van der Waals surface area contributed by atoms with Crippen molar-refractivity contribution < 1.29 is 4.36 Å². The van der Waals surface area contributed by atoms with Gasteiger partial charge in [-0.1, -0.05) is 166 Å². The second-order valence-electron chi connectivity index (χ2n) is 15.8. The minimum atomic E-state index is -0.180. The number of aromatic nitrogens is 1. The average Bonchev–Trinajstić information content (AvgIpc) is 3.78. The van der Waals surface area contributed by atoms with Crippen LogP contribution in [-0.4, -0.2) is 0 Å². The normalized spacial score (nSPS) is 14.9. The fourth-order valence-electron chi connectivity index (χ4n) is 9.40. The van der Waals surface area contributed by atoms with Gasteiger partial charge in [-0.2, -0.15) is 0 Å². The third-order valence-corrected chi connectivity index (χ3v) is 12.1. The van der Waals surface area contributed by atoms with Gasteiger partial charge in [0.15, 0.2) is 6.04 Å². The van der Waals surface area contributed by atoms with Crippen LogP contribution in [0.3, 0.4) is 0 Å².